The van der Waals surface area contributed by atoms with E-state index in [4.69, 9.17) is 0 Å². The van der Waals surface area contributed by atoms with Crippen molar-refractivity contribution in [3.8, 4) is 11.3 Å². The first-order valence-corrected chi connectivity index (χ1v) is 4.57. The molecule has 4 heteroatoms. The van der Waals surface area contributed by atoms with Gasteiger partial charge in [0.05, 0.1) is 0 Å². The Morgan fingerprint density at radius 1 is 1.19 bits per heavy atom. The Morgan fingerprint density at radius 3 is 2.44 bits per heavy atom. The first kappa shape index (κ1) is 17.7. The third kappa shape index (κ3) is 5.43. The molecule has 2 aromatic rings. The summed E-state index contributed by atoms with van der Waals surface area (Å²) in [5.41, 5.74) is 1.83. The molecule has 0 aliphatic heterocycles. The molecule has 0 N–H and O–H groups in total. The van der Waals surface area contributed by atoms with Gasteiger partial charge in [-0.1, -0.05) is 26.0 Å². The minimum Gasteiger partial charge on any atom is -0.358 e. The monoisotopic (exact) mass is 290 g/mol. The van der Waals surface area contributed by atoms with Gasteiger partial charge in [-0.25, -0.2) is 6.07 Å². The Morgan fingerprint density at radius 2 is 1.94 bits per heavy atom. The zero-order valence-corrected chi connectivity index (χ0v) is 12.7. The maximum atomic E-state index is 4.16. The number of hydrogen-bond donors (Lipinski definition) is 0. The van der Waals surface area contributed by atoms with E-state index < -0.39 is 0 Å². The molecule has 0 aliphatic carbocycles. The molecule has 0 amide bonds. The van der Waals surface area contributed by atoms with Crippen LogP contribution in [0, 0.1) is 13.6 Å². The Bertz CT molecular complexity index is 314. The Hall–Kier alpha value is -0.666. The smallest absolute Gasteiger partial charge is 0.0256 e. The largest absolute Gasteiger partial charge is 0.358 e. The maximum Gasteiger partial charge on any atom is 0.0256 e. The van der Waals surface area contributed by atoms with Gasteiger partial charge in [-0.3, -0.25) is 10.1 Å². The molecule has 83 valence electrons. The quantitative estimate of drug-likeness (QED) is 0.758. The fourth-order valence-electron chi connectivity index (χ4n) is 0.934. The second-order valence-electron chi connectivity index (χ2n) is 2.29. The Labute approximate surface area is 123 Å². The van der Waals surface area contributed by atoms with Crippen LogP contribution in [0.1, 0.15) is 13.8 Å². The molecule has 2 heterocycles. The van der Waals surface area contributed by atoms with Crippen LogP contribution >= 0.6 is 0 Å². The van der Waals surface area contributed by atoms with Crippen LogP contribution in [-0.4, -0.2) is 15.2 Å². The predicted octanol–water partition coefficient (Wildman–Crippen LogP) is 2.81. The molecule has 1 radical (unpaired) electrons. The van der Waals surface area contributed by atoms with Gasteiger partial charge in [0.15, 0.2) is 0 Å². The molecule has 0 fully saturated rings. The van der Waals surface area contributed by atoms with Crippen molar-refractivity contribution >= 4 is 0 Å². The van der Waals surface area contributed by atoms with Crippen LogP contribution in [-0.2, 0) is 32.7 Å². The molecule has 0 aromatic carbocycles. The van der Waals surface area contributed by atoms with E-state index in [1.54, 1.807) is 18.5 Å². The molecular formula is C12H15N3Y-2. The average Bonchev–Trinajstić information content (AvgIpc) is 2.34. The van der Waals surface area contributed by atoms with Gasteiger partial charge in [-0.05, 0) is 18.0 Å². The normalized spacial score (nSPS) is 7.62. The van der Waals surface area contributed by atoms with E-state index >= 15 is 0 Å². The van der Waals surface area contributed by atoms with Crippen molar-refractivity contribution in [3.63, 3.8) is 0 Å². The van der Waals surface area contributed by atoms with Gasteiger partial charge in [0.2, 0.25) is 0 Å². The van der Waals surface area contributed by atoms with E-state index in [9.17, 15) is 0 Å². The third-order valence-electron chi connectivity index (χ3n) is 1.49. The summed E-state index contributed by atoms with van der Waals surface area (Å²) >= 11 is 0. The molecule has 16 heavy (non-hydrogen) atoms. The van der Waals surface area contributed by atoms with Gasteiger partial charge in [0, 0.05) is 38.9 Å². The molecule has 0 bridgehead atoms. The summed E-state index contributed by atoms with van der Waals surface area (Å²) in [5.74, 6) is 0. The minimum atomic E-state index is 0. The first-order valence-electron chi connectivity index (χ1n) is 4.57. The number of aromatic nitrogens is 3. The summed E-state index contributed by atoms with van der Waals surface area (Å²) in [6.45, 7) is 4.00. The van der Waals surface area contributed by atoms with E-state index in [1.807, 2.05) is 32.0 Å². The van der Waals surface area contributed by atoms with Gasteiger partial charge >= 0.3 is 0 Å². The van der Waals surface area contributed by atoms with Gasteiger partial charge in [-0.15, -0.1) is 11.8 Å². The van der Waals surface area contributed by atoms with Crippen molar-refractivity contribution in [2.45, 2.75) is 13.8 Å². The van der Waals surface area contributed by atoms with Crippen LogP contribution in [0.2, 0.25) is 0 Å². The number of hydrogen-bond acceptors (Lipinski definition) is 3. The summed E-state index contributed by atoms with van der Waals surface area (Å²) in [6.07, 6.45) is 6.07. The van der Waals surface area contributed by atoms with Crippen molar-refractivity contribution in [1.82, 2.24) is 15.2 Å². The summed E-state index contributed by atoms with van der Waals surface area (Å²) in [4.78, 5) is 4.16. The second kappa shape index (κ2) is 10.8. The van der Waals surface area contributed by atoms with Crippen LogP contribution < -0.4 is 0 Å². The summed E-state index contributed by atoms with van der Waals surface area (Å²) in [6, 6.07) is 7.49. The molecule has 3 nitrogen and oxygen atoms in total. The van der Waals surface area contributed by atoms with Gasteiger partial charge in [0.1, 0.15) is 0 Å². The predicted molar refractivity (Wildman–Crippen MR) is 61.9 cm³/mol. The fourth-order valence-corrected chi connectivity index (χ4v) is 0.934. The second-order valence-corrected chi connectivity index (χ2v) is 2.29. The molecule has 0 aliphatic rings. The standard InChI is InChI=1S/C9H6N3.C2H6.CH3.Y/c1-2-5-10-9(3-1)8-4-6-11-12-7-8;1-2;;/h1-5,7H;1-2H3;1H3;/q-1;;-1;. The fraction of sp³-hybridized carbons (Fsp3) is 0.167. The van der Waals surface area contributed by atoms with Crippen LogP contribution in [0.25, 0.3) is 11.3 Å². The van der Waals surface area contributed by atoms with Crippen LogP contribution in [0.4, 0.5) is 0 Å². The van der Waals surface area contributed by atoms with Crippen molar-refractivity contribution in [2.24, 2.45) is 0 Å². The van der Waals surface area contributed by atoms with Crippen LogP contribution in [0.5, 0.6) is 0 Å². The Balaban J connectivity index is 0. The molecule has 2 rings (SSSR count). The number of rotatable bonds is 1. The molecule has 0 saturated heterocycles. The van der Waals surface area contributed by atoms with Crippen molar-refractivity contribution in [1.29, 1.82) is 0 Å². The average molecular weight is 290 g/mol. The van der Waals surface area contributed by atoms with Crippen LogP contribution in [0.3, 0.4) is 0 Å². The van der Waals surface area contributed by atoms with Gasteiger partial charge in [0.25, 0.3) is 0 Å². The number of nitrogens with zero attached hydrogens (tertiary/aromatic N) is 3. The first-order chi connectivity index (χ1) is 6.97. The molecule has 0 unspecified atom stereocenters. The van der Waals surface area contributed by atoms with Gasteiger partial charge in [-0.2, -0.15) is 5.10 Å². The Kier molecular flexibility index (Phi) is 12.0. The van der Waals surface area contributed by atoms with E-state index in [-0.39, 0.29) is 40.1 Å². The van der Waals surface area contributed by atoms with Crippen LogP contribution in [0.15, 0.2) is 36.7 Å². The summed E-state index contributed by atoms with van der Waals surface area (Å²) in [5, 5.41) is 7.28. The molecule has 0 atom stereocenters. The number of pyridine rings is 1. The van der Waals surface area contributed by atoms with E-state index in [1.165, 1.54) is 0 Å². The van der Waals surface area contributed by atoms with Crippen molar-refractivity contribution in [2.75, 3.05) is 0 Å². The summed E-state index contributed by atoms with van der Waals surface area (Å²) in [7, 11) is 0. The van der Waals surface area contributed by atoms with E-state index in [0.29, 0.717) is 0 Å². The zero-order chi connectivity index (χ0) is 10.2. The maximum absolute atomic E-state index is 4.16. The third-order valence-corrected chi connectivity index (χ3v) is 1.49. The molecular weight excluding hydrogens is 275 g/mol. The van der Waals surface area contributed by atoms with Gasteiger partial charge < -0.3 is 7.43 Å². The zero-order valence-electron chi connectivity index (χ0n) is 9.88. The van der Waals surface area contributed by atoms with E-state index in [2.05, 4.69) is 21.4 Å². The molecule has 2 aromatic heterocycles. The SMILES string of the molecule is CC.[CH3-].[Y].[c-]1cc(-c2ccccn2)cnn1. The summed E-state index contributed by atoms with van der Waals surface area (Å²) < 4.78 is 0. The molecule has 0 spiro atoms. The van der Waals surface area contributed by atoms with E-state index in [0.717, 1.165) is 11.3 Å². The van der Waals surface area contributed by atoms with Crippen molar-refractivity contribution in [3.05, 3.63) is 50.3 Å². The molecule has 0 saturated carbocycles. The minimum absolute atomic E-state index is 0. The van der Waals surface area contributed by atoms with Crippen molar-refractivity contribution < 1.29 is 32.7 Å². The topological polar surface area (TPSA) is 38.7 Å².